The van der Waals surface area contributed by atoms with Gasteiger partial charge < -0.3 is 27.2 Å². The van der Waals surface area contributed by atoms with Crippen molar-refractivity contribution >= 4 is 17.1 Å². The molecule has 0 aliphatic carbocycles. The number of hydrogen-bond donors (Lipinski definition) is 1. The summed E-state index contributed by atoms with van der Waals surface area (Å²) in [6, 6.07) is 0. The molecular formula is C22H51NO6Si2. The molecule has 0 saturated heterocycles. The van der Waals surface area contributed by atoms with Crippen molar-refractivity contribution < 1.29 is 27.2 Å². The van der Waals surface area contributed by atoms with Gasteiger partial charge in [-0.25, -0.2) is 0 Å². The van der Waals surface area contributed by atoms with E-state index in [9.17, 15) is 0 Å². The number of nitrogens with one attached hydrogen (secondary N) is 1. The van der Waals surface area contributed by atoms with Crippen LogP contribution in [-0.2, 0) is 27.2 Å². The molecule has 0 rings (SSSR count). The second-order valence-electron chi connectivity index (χ2n) is 8.04. The maximum Gasteiger partial charge on any atom is 0.364 e. The Hall–Kier alpha value is 0.154. The lowest BCUT2D eigenvalue weighted by Crippen LogP contribution is -2.57. The molecule has 0 radical (unpaired) electrons. The van der Waals surface area contributed by atoms with Crippen molar-refractivity contribution in [3.05, 3.63) is 0 Å². The van der Waals surface area contributed by atoms with Crippen LogP contribution < -0.4 is 5.32 Å². The largest absolute Gasteiger partial charge is 0.393 e. The van der Waals surface area contributed by atoms with Crippen molar-refractivity contribution in [1.29, 1.82) is 0 Å². The van der Waals surface area contributed by atoms with E-state index in [1.807, 2.05) is 41.5 Å². The van der Waals surface area contributed by atoms with E-state index in [0.29, 0.717) is 26.4 Å². The summed E-state index contributed by atoms with van der Waals surface area (Å²) in [7, 11) is -4.89. The van der Waals surface area contributed by atoms with Crippen molar-refractivity contribution in [2.75, 3.05) is 26.4 Å². The van der Waals surface area contributed by atoms with E-state index < -0.39 is 17.1 Å². The summed E-state index contributed by atoms with van der Waals surface area (Å²) in [5.74, 6) is 0. The summed E-state index contributed by atoms with van der Waals surface area (Å²) in [5.41, 5.74) is -0.102. The molecule has 0 aromatic carbocycles. The second kappa shape index (κ2) is 16.7. The molecular weight excluding hydrogens is 430 g/mol. The van der Waals surface area contributed by atoms with E-state index in [0.717, 1.165) is 25.7 Å². The lowest BCUT2D eigenvalue weighted by Gasteiger charge is -2.38. The van der Waals surface area contributed by atoms with Crippen LogP contribution in [0.3, 0.4) is 0 Å². The average Bonchev–Trinajstić information content (AvgIpc) is 2.68. The van der Waals surface area contributed by atoms with Crippen LogP contribution in [0.5, 0.6) is 0 Å². The minimum Gasteiger partial charge on any atom is -0.393 e. The van der Waals surface area contributed by atoms with Gasteiger partial charge in [-0.05, 0) is 67.5 Å². The molecule has 0 aromatic rings. The molecule has 0 spiro atoms. The summed E-state index contributed by atoms with van der Waals surface area (Å²) >= 11 is 0. The van der Waals surface area contributed by atoms with Crippen LogP contribution in [0.4, 0.5) is 0 Å². The molecule has 188 valence electrons. The predicted octanol–water partition coefficient (Wildman–Crippen LogP) is 5.01. The first-order chi connectivity index (χ1) is 14.7. The number of rotatable bonds is 20. The van der Waals surface area contributed by atoms with Crippen molar-refractivity contribution in [1.82, 2.24) is 5.32 Å². The minimum atomic E-state index is -2.45. The average molecular weight is 482 g/mol. The van der Waals surface area contributed by atoms with E-state index >= 15 is 0 Å². The zero-order chi connectivity index (χ0) is 23.9. The molecule has 0 bridgehead atoms. The Kier molecular flexibility index (Phi) is 16.8. The zero-order valence-electron chi connectivity index (χ0n) is 21.9. The fourth-order valence-electron chi connectivity index (χ4n) is 3.94. The van der Waals surface area contributed by atoms with Crippen molar-refractivity contribution in [3.8, 4) is 0 Å². The minimum absolute atomic E-state index is 0.0509. The van der Waals surface area contributed by atoms with Gasteiger partial charge in [0, 0.05) is 26.4 Å². The SMILES string of the molecule is CCCC(OC(C)NC(C)OC(CCC)[Si](C)(OCC)OCC)[Si](C)(OCC)OCC. The molecule has 0 aromatic heterocycles. The third-order valence-electron chi connectivity index (χ3n) is 5.20. The van der Waals surface area contributed by atoms with Gasteiger partial charge in [-0.2, -0.15) is 0 Å². The molecule has 7 nitrogen and oxygen atoms in total. The molecule has 0 aliphatic rings. The quantitative estimate of drug-likeness (QED) is 0.194. The van der Waals surface area contributed by atoms with E-state index in [4.69, 9.17) is 27.2 Å². The molecule has 0 saturated carbocycles. The standard InChI is InChI=1S/C22H51NO6Si2/c1-11-17-21(30(9,24-13-3)25-14-4)28-19(7)23-20(8)29-22(18-12-2)31(10,26-15-5)27-16-6/h19-23H,11-18H2,1-10H3. The fraction of sp³-hybridized carbons (Fsp3) is 1.00. The Labute approximate surface area is 194 Å². The summed E-state index contributed by atoms with van der Waals surface area (Å²) in [5, 5.41) is 3.45. The van der Waals surface area contributed by atoms with Crippen LogP contribution in [0.15, 0.2) is 0 Å². The maximum atomic E-state index is 6.42. The van der Waals surface area contributed by atoms with Crippen LogP contribution >= 0.6 is 0 Å². The van der Waals surface area contributed by atoms with Gasteiger partial charge in [-0.15, -0.1) is 0 Å². The molecule has 4 unspecified atom stereocenters. The van der Waals surface area contributed by atoms with E-state index in [1.165, 1.54) is 0 Å². The van der Waals surface area contributed by atoms with E-state index in [-0.39, 0.29) is 23.9 Å². The lowest BCUT2D eigenvalue weighted by atomic mass is 10.3. The lowest BCUT2D eigenvalue weighted by molar-refractivity contribution is -0.0739. The van der Waals surface area contributed by atoms with Crippen LogP contribution in [0.2, 0.25) is 13.1 Å². The van der Waals surface area contributed by atoms with Crippen LogP contribution in [-0.4, -0.2) is 67.5 Å². The highest BCUT2D eigenvalue weighted by molar-refractivity contribution is 6.67. The van der Waals surface area contributed by atoms with Crippen molar-refractivity contribution in [2.45, 2.75) is 118 Å². The zero-order valence-corrected chi connectivity index (χ0v) is 23.9. The van der Waals surface area contributed by atoms with Crippen molar-refractivity contribution in [2.24, 2.45) is 0 Å². The van der Waals surface area contributed by atoms with Gasteiger partial charge in [-0.1, -0.05) is 26.7 Å². The first kappa shape index (κ1) is 31.2. The maximum absolute atomic E-state index is 6.42. The molecule has 0 heterocycles. The monoisotopic (exact) mass is 481 g/mol. The van der Waals surface area contributed by atoms with Gasteiger partial charge in [0.15, 0.2) is 0 Å². The molecule has 0 amide bonds. The Morgan fingerprint density at radius 1 is 0.581 bits per heavy atom. The van der Waals surface area contributed by atoms with Crippen LogP contribution in [0.25, 0.3) is 0 Å². The predicted molar refractivity (Wildman–Crippen MR) is 131 cm³/mol. The normalized spacial score (nSPS) is 16.8. The summed E-state index contributed by atoms with van der Waals surface area (Å²) in [6.07, 6.45) is 3.43. The Morgan fingerprint density at radius 2 is 0.871 bits per heavy atom. The van der Waals surface area contributed by atoms with Crippen LogP contribution in [0.1, 0.15) is 81.1 Å². The van der Waals surface area contributed by atoms with E-state index in [1.54, 1.807) is 0 Å². The smallest absolute Gasteiger partial charge is 0.364 e. The molecule has 0 fully saturated rings. The highest BCUT2D eigenvalue weighted by Crippen LogP contribution is 2.23. The number of ether oxygens (including phenoxy) is 2. The van der Waals surface area contributed by atoms with Gasteiger partial charge in [0.05, 0.1) is 0 Å². The van der Waals surface area contributed by atoms with E-state index in [2.05, 4.69) is 32.3 Å². The van der Waals surface area contributed by atoms with Gasteiger partial charge in [-0.3, -0.25) is 5.32 Å². The summed E-state index contributed by atoms with van der Waals surface area (Å²) < 4.78 is 37.2. The topological polar surface area (TPSA) is 67.4 Å². The molecule has 1 N–H and O–H groups in total. The number of hydrogen-bond acceptors (Lipinski definition) is 7. The highest BCUT2D eigenvalue weighted by atomic mass is 28.4. The first-order valence-electron chi connectivity index (χ1n) is 12.3. The van der Waals surface area contributed by atoms with Gasteiger partial charge in [0.25, 0.3) is 0 Å². The highest BCUT2D eigenvalue weighted by Gasteiger charge is 2.44. The third-order valence-corrected chi connectivity index (χ3v) is 11.8. The Bertz CT molecular complexity index is 396. The molecule has 9 heteroatoms. The van der Waals surface area contributed by atoms with Gasteiger partial charge in [0.2, 0.25) is 0 Å². The summed E-state index contributed by atoms with van der Waals surface area (Å²) in [6.45, 7) is 23.1. The Morgan fingerprint density at radius 3 is 1.10 bits per heavy atom. The summed E-state index contributed by atoms with van der Waals surface area (Å²) in [4.78, 5) is 0. The van der Waals surface area contributed by atoms with Crippen molar-refractivity contribution in [3.63, 3.8) is 0 Å². The fourth-order valence-corrected chi connectivity index (χ4v) is 9.67. The van der Waals surface area contributed by atoms with Gasteiger partial charge in [0.1, 0.15) is 23.9 Å². The third kappa shape index (κ3) is 11.2. The van der Waals surface area contributed by atoms with Gasteiger partial charge >= 0.3 is 17.1 Å². The second-order valence-corrected chi connectivity index (χ2v) is 14.5. The molecule has 0 aliphatic heterocycles. The van der Waals surface area contributed by atoms with Crippen LogP contribution in [0, 0.1) is 0 Å². The Balaban J connectivity index is 5.17. The molecule has 31 heavy (non-hydrogen) atoms. The first-order valence-corrected chi connectivity index (χ1v) is 17.1. The molecule has 4 atom stereocenters.